The molecule has 0 heterocycles. The molecule has 0 aromatic carbocycles. The van der Waals surface area contributed by atoms with Crippen LogP contribution >= 0.6 is 0 Å². The van der Waals surface area contributed by atoms with Crippen LogP contribution in [0.4, 0.5) is 0 Å². The quantitative estimate of drug-likeness (QED) is 0.571. The lowest BCUT2D eigenvalue weighted by Gasteiger charge is -2.32. The number of hydrogen-bond donors (Lipinski definition) is 1. The summed E-state index contributed by atoms with van der Waals surface area (Å²) >= 11 is 0. The van der Waals surface area contributed by atoms with E-state index in [0.29, 0.717) is 0 Å². The molecular weight excluding hydrogens is 128 g/mol. The molecule has 3 heteroatoms. The molecular formula is C7H10N2O. The molecule has 0 aromatic heterocycles. The lowest BCUT2D eigenvalue weighted by atomic mass is 9.69. The normalized spacial score (nSPS) is 20.4. The maximum Gasteiger partial charge on any atom is 0.240 e. The first-order valence-electron chi connectivity index (χ1n) is 3.38. The molecule has 1 amide bonds. The summed E-state index contributed by atoms with van der Waals surface area (Å²) < 4.78 is 0. The number of nitriles is 1. The van der Waals surface area contributed by atoms with E-state index in [1.165, 1.54) is 0 Å². The molecule has 0 aliphatic heterocycles. The van der Waals surface area contributed by atoms with Gasteiger partial charge in [-0.15, -0.1) is 0 Å². The zero-order chi connectivity index (χ0) is 7.61. The number of amides is 1. The number of carbonyl (C=O) groups is 1. The van der Waals surface area contributed by atoms with Crippen LogP contribution in [0, 0.1) is 16.7 Å². The molecule has 1 fully saturated rings. The summed E-state index contributed by atoms with van der Waals surface area (Å²) in [5.74, 6) is -0.124. The van der Waals surface area contributed by atoms with Crippen molar-refractivity contribution in [2.24, 2.45) is 5.41 Å². The molecule has 0 radical (unpaired) electrons. The van der Waals surface area contributed by atoms with Crippen LogP contribution in [0.15, 0.2) is 0 Å². The van der Waals surface area contributed by atoms with Gasteiger partial charge in [-0.25, -0.2) is 0 Å². The summed E-state index contributed by atoms with van der Waals surface area (Å²) in [6.45, 7) is 0. The molecule has 1 saturated carbocycles. The maximum atomic E-state index is 11.0. The fraction of sp³-hybridized carbons (Fsp3) is 0.714. The molecule has 0 bridgehead atoms. The minimum absolute atomic E-state index is 0.124. The first kappa shape index (κ1) is 7.07. The van der Waals surface area contributed by atoms with Gasteiger partial charge in [0, 0.05) is 7.05 Å². The zero-order valence-corrected chi connectivity index (χ0v) is 5.98. The lowest BCUT2D eigenvalue weighted by molar-refractivity contribution is -0.131. The van der Waals surface area contributed by atoms with Gasteiger partial charge in [-0.1, -0.05) is 0 Å². The van der Waals surface area contributed by atoms with Gasteiger partial charge >= 0.3 is 0 Å². The average molecular weight is 138 g/mol. The van der Waals surface area contributed by atoms with Crippen molar-refractivity contribution in [3.05, 3.63) is 0 Å². The second-order valence-electron chi connectivity index (χ2n) is 2.63. The summed E-state index contributed by atoms with van der Waals surface area (Å²) in [6.07, 6.45) is 2.45. The monoisotopic (exact) mass is 138 g/mol. The van der Waals surface area contributed by atoms with E-state index < -0.39 is 5.41 Å². The molecule has 0 spiro atoms. The Bertz CT molecular complexity index is 188. The van der Waals surface area contributed by atoms with E-state index in [9.17, 15) is 4.79 Å². The molecule has 1 rings (SSSR count). The maximum absolute atomic E-state index is 11.0. The molecule has 1 aliphatic carbocycles. The Kier molecular flexibility index (Phi) is 1.62. The average Bonchev–Trinajstić information content (AvgIpc) is 1.86. The van der Waals surface area contributed by atoms with E-state index in [4.69, 9.17) is 5.26 Å². The molecule has 0 unspecified atom stereocenters. The van der Waals surface area contributed by atoms with Crippen molar-refractivity contribution in [2.45, 2.75) is 19.3 Å². The van der Waals surface area contributed by atoms with Crippen LogP contribution in [0.25, 0.3) is 0 Å². The van der Waals surface area contributed by atoms with Crippen molar-refractivity contribution in [2.75, 3.05) is 7.05 Å². The summed E-state index contributed by atoms with van der Waals surface area (Å²) in [4.78, 5) is 11.0. The van der Waals surface area contributed by atoms with Crippen molar-refractivity contribution in [3.8, 4) is 6.07 Å². The first-order valence-corrected chi connectivity index (χ1v) is 3.38. The van der Waals surface area contributed by atoms with Gasteiger partial charge in [0.2, 0.25) is 5.91 Å². The highest BCUT2D eigenvalue weighted by Crippen LogP contribution is 2.40. The van der Waals surface area contributed by atoms with Crippen LogP contribution in [0.1, 0.15) is 19.3 Å². The van der Waals surface area contributed by atoms with E-state index in [0.717, 1.165) is 19.3 Å². The van der Waals surface area contributed by atoms with E-state index >= 15 is 0 Å². The Labute approximate surface area is 60.0 Å². The van der Waals surface area contributed by atoms with Crippen molar-refractivity contribution >= 4 is 5.91 Å². The van der Waals surface area contributed by atoms with Gasteiger partial charge in [0.05, 0.1) is 6.07 Å². The van der Waals surface area contributed by atoms with E-state index in [1.807, 2.05) is 0 Å². The van der Waals surface area contributed by atoms with E-state index in [1.54, 1.807) is 7.05 Å². The summed E-state index contributed by atoms with van der Waals surface area (Å²) in [5, 5.41) is 11.1. The van der Waals surface area contributed by atoms with Gasteiger partial charge in [-0.2, -0.15) is 5.26 Å². The zero-order valence-electron chi connectivity index (χ0n) is 5.98. The summed E-state index contributed by atoms with van der Waals surface area (Å²) in [5.41, 5.74) is -0.672. The molecule has 0 atom stereocenters. The Hall–Kier alpha value is -1.04. The largest absolute Gasteiger partial charge is 0.358 e. The predicted octanol–water partition coefficient (Wildman–Crippen LogP) is 0.426. The summed E-state index contributed by atoms with van der Waals surface area (Å²) in [6, 6.07) is 2.05. The molecule has 0 aromatic rings. The number of carbonyl (C=O) groups excluding carboxylic acids is 1. The third-order valence-corrected chi connectivity index (χ3v) is 2.08. The molecule has 10 heavy (non-hydrogen) atoms. The second-order valence-corrected chi connectivity index (χ2v) is 2.63. The van der Waals surface area contributed by atoms with Crippen molar-refractivity contribution in [1.29, 1.82) is 5.26 Å². The molecule has 0 saturated heterocycles. The Morgan fingerprint density at radius 1 is 1.70 bits per heavy atom. The van der Waals surface area contributed by atoms with Gasteiger partial charge in [0.1, 0.15) is 5.41 Å². The number of hydrogen-bond acceptors (Lipinski definition) is 2. The van der Waals surface area contributed by atoms with E-state index in [2.05, 4.69) is 11.4 Å². The Morgan fingerprint density at radius 2 is 2.30 bits per heavy atom. The SMILES string of the molecule is CNC(=O)C1(C#N)CCC1. The van der Waals surface area contributed by atoms with Crippen molar-refractivity contribution in [3.63, 3.8) is 0 Å². The number of rotatable bonds is 1. The highest BCUT2D eigenvalue weighted by molar-refractivity contribution is 5.86. The Morgan fingerprint density at radius 3 is 2.40 bits per heavy atom. The highest BCUT2D eigenvalue weighted by atomic mass is 16.2. The molecule has 54 valence electrons. The van der Waals surface area contributed by atoms with Crippen LogP contribution in [0.2, 0.25) is 0 Å². The van der Waals surface area contributed by atoms with Crippen LogP contribution < -0.4 is 5.32 Å². The van der Waals surface area contributed by atoms with Gasteiger partial charge < -0.3 is 5.32 Å². The van der Waals surface area contributed by atoms with Gasteiger partial charge in [0.25, 0.3) is 0 Å². The van der Waals surface area contributed by atoms with Crippen LogP contribution in [-0.2, 0) is 4.79 Å². The lowest BCUT2D eigenvalue weighted by Crippen LogP contribution is -2.43. The fourth-order valence-electron chi connectivity index (χ4n) is 1.16. The minimum atomic E-state index is -0.672. The van der Waals surface area contributed by atoms with Gasteiger partial charge in [-0.3, -0.25) is 4.79 Å². The second kappa shape index (κ2) is 2.30. The fourth-order valence-corrected chi connectivity index (χ4v) is 1.16. The predicted molar refractivity (Wildman–Crippen MR) is 36.0 cm³/mol. The van der Waals surface area contributed by atoms with Gasteiger partial charge in [0.15, 0.2) is 0 Å². The van der Waals surface area contributed by atoms with Crippen LogP contribution in [-0.4, -0.2) is 13.0 Å². The topological polar surface area (TPSA) is 52.9 Å². The minimum Gasteiger partial charge on any atom is -0.358 e. The van der Waals surface area contributed by atoms with Crippen molar-refractivity contribution < 1.29 is 4.79 Å². The third kappa shape index (κ3) is 0.766. The van der Waals surface area contributed by atoms with Gasteiger partial charge in [-0.05, 0) is 19.3 Å². The number of nitrogens with one attached hydrogen (secondary N) is 1. The smallest absolute Gasteiger partial charge is 0.240 e. The van der Waals surface area contributed by atoms with Crippen LogP contribution in [0.3, 0.4) is 0 Å². The van der Waals surface area contributed by atoms with Crippen LogP contribution in [0.5, 0.6) is 0 Å². The standard InChI is InChI=1S/C7H10N2O/c1-9-6(10)7(5-8)3-2-4-7/h2-4H2,1H3,(H,9,10). The highest BCUT2D eigenvalue weighted by Gasteiger charge is 2.43. The summed E-state index contributed by atoms with van der Waals surface area (Å²) in [7, 11) is 1.57. The molecule has 3 nitrogen and oxygen atoms in total. The van der Waals surface area contributed by atoms with E-state index in [-0.39, 0.29) is 5.91 Å². The Balaban J connectivity index is 2.67. The third-order valence-electron chi connectivity index (χ3n) is 2.08. The first-order chi connectivity index (χ1) is 4.75. The number of nitrogens with zero attached hydrogens (tertiary/aromatic N) is 1. The molecule has 1 N–H and O–H groups in total. The molecule has 1 aliphatic rings. The van der Waals surface area contributed by atoms with Crippen molar-refractivity contribution in [1.82, 2.24) is 5.32 Å².